The summed E-state index contributed by atoms with van der Waals surface area (Å²) in [5, 5.41) is 10.8. The van der Waals surface area contributed by atoms with Crippen LogP contribution in [0.1, 0.15) is 10.4 Å². The van der Waals surface area contributed by atoms with Crippen LogP contribution in [0.3, 0.4) is 0 Å². The van der Waals surface area contributed by atoms with E-state index in [1.54, 1.807) is 12.1 Å². The van der Waals surface area contributed by atoms with E-state index in [4.69, 9.17) is 0 Å². The van der Waals surface area contributed by atoms with Crippen molar-refractivity contribution in [2.24, 2.45) is 0 Å². The molecule has 3 rings (SSSR count). The number of carbonyl (C=O) groups is 1. The third-order valence-electron chi connectivity index (χ3n) is 3.78. The highest BCUT2D eigenvalue weighted by Gasteiger charge is 2.23. The first-order chi connectivity index (χ1) is 10.2. The standard InChI is InChI=1S/C16H17N3O2/c20-16(21)13-4-6-14(7-5-13)18-9-11-19(12-10-18)15-3-1-2-8-17-15/h1-8H,9-12H2,(H,20,21). The Labute approximate surface area is 123 Å². The van der Waals surface area contributed by atoms with Crippen molar-refractivity contribution in [3.63, 3.8) is 0 Å². The highest BCUT2D eigenvalue weighted by Crippen LogP contribution is 2.18. The van der Waals surface area contributed by atoms with E-state index in [0.29, 0.717) is 0 Å². The van der Waals surface area contributed by atoms with Crippen molar-refractivity contribution in [1.82, 2.24) is 0 Å². The molecule has 2 heterocycles. The topological polar surface area (TPSA) is 60.8 Å². The molecule has 0 radical (unpaired) electrons. The molecule has 0 amide bonds. The van der Waals surface area contributed by atoms with Gasteiger partial charge in [0.15, 0.2) is 0 Å². The zero-order valence-electron chi connectivity index (χ0n) is 11.7. The van der Waals surface area contributed by atoms with Gasteiger partial charge in [0.2, 0.25) is 0 Å². The molecule has 1 aliphatic heterocycles. The average molecular weight is 283 g/mol. The van der Waals surface area contributed by atoms with Crippen molar-refractivity contribution in [2.75, 3.05) is 36.0 Å². The molecule has 0 atom stereocenters. The Hall–Kier alpha value is -2.56. The maximum atomic E-state index is 10.8. The number of carboxylic acids is 1. The summed E-state index contributed by atoms with van der Waals surface area (Å²) in [6, 6.07) is 13.0. The van der Waals surface area contributed by atoms with Gasteiger partial charge >= 0.3 is 0 Å². The Bertz CT molecular complexity index is 605. The lowest BCUT2D eigenvalue weighted by Crippen LogP contribution is -2.48. The molecule has 5 heteroatoms. The molecule has 0 saturated carbocycles. The SMILES string of the molecule is O=C([O-])c1ccc(N2CCN(c3cccc[nH+]3)CC2)cc1. The van der Waals surface area contributed by atoms with E-state index in [0.717, 1.165) is 37.7 Å². The van der Waals surface area contributed by atoms with Crippen molar-refractivity contribution >= 4 is 17.5 Å². The second kappa shape index (κ2) is 5.83. The second-order valence-corrected chi connectivity index (χ2v) is 5.06. The number of nitrogens with zero attached hydrogens (tertiary/aromatic N) is 2. The molecule has 1 aromatic heterocycles. The molecule has 1 saturated heterocycles. The van der Waals surface area contributed by atoms with Crippen LogP contribution in [0.15, 0.2) is 48.7 Å². The number of benzene rings is 1. The van der Waals surface area contributed by atoms with Gasteiger partial charge in [0.05, 0.1) is 25.3 Å². The Kier molecular flexibility index (Phi) is 3.73. The molecular weight excluding hydrogens is 266 g/mol. The van der Waals surface area contributed by atoms with Gasteiger partial charge < -0.3 is 14.8 Å². The minimum atomic E-state index is -1.13. The third-order valence-corrected chi connectivity index (χ3v) is 3.78. The molecule has 1 N–H and O–H groups in total. The number of H-pyrrole nitrogens is 1. The van der Waals surface area contributed by atoms with E-state index in [2.05, 4.69) is 20.9 Å². The number of piperazine rings is 1. The number of aromatic nitrogens is 1. The molecule has 1 aromatic carbocycles. The van der Waals surface area contributed by atoms with Crippen molar-refractivity contribution in [2.45, 2.75) is 0 Å². The van der Waals surface area contributed by atoms with E-state index >= 15 is 0 Å². The predicted molar refractivity (Wildman–Crippen MR) is 78.2 cm³/mol. The second-order valence-electron chi connectivity index (χ2n) is 5.06. The third kappa shape index (κ3) is 2.97. The predicted octanol–water partition coefficient (Wildman–Crippen LogP) is 0.191. The van der Waals surface area contributed by atoms with Crippen LogP contribution >= 0.6 is 0 Å². The van der Waals surface area contributed by atoms with Crippen LogP contribution in [0.2, 0.25) is 0 Å². The van der Waals surface area contributed by atoms with Gasteiger partial charge in [-0.1, -0.05) is 18.2 Å². The van der Waals surface area contributed by atoms with Crippen molar-refractivity contribution in [1.29, 1.82) is 0 Å². The number of aromatic amines is 1. The lowest BCUT2D eigenvalue weighted by atomic mass is 10.2. The highest BCUT2D eigenvalue weighted by molar-refractivity contribution is 5.86. The quantitative estimate of drug-likeness (QED) is 0.807. The number of anilines is 2. The zero-order chi connectivity index (χ0) is 14.7. The Morgan fingerprint density at radius 3 is 2.19 bits per heavy atom. The van der Waals surface area contributed by atoms with Gasteiger partial charge in [-0.05, 0) is 23.8 Å². The Morgan fingerprint density at radius 1 is 0.952 bits per heavy atom. The van der Waals surface area contributed by atoms with Crippen LogP contribution < -0.4 is 19.9 Å². The van der Waals surface area contributed by atoms with E-state index in [-0.39, 0.29) is 5.56 Å². The summed E-state index contributed by atoms with van der Waals surface area (Å²) in [6.07, 6.45) is 1.93. The van der Waals surface area contributed by atoms with Crippen molar-refractivity contribution in [3.05, 3.63) is 54.2 Å². The fourth-order valence-electron chi connectivity index (χ4n) is 2.59. The summed E-state index contributed by atoms with van der Waals surface area (Å²) < 4.78 is 0. The highest BCUT2D eigenvalue weighted by atomic mass is 16.4. The summed E-state index contributed by atoms with van der Waals surface area (Å²) in [4.78, 5) is 18.6. The van der Waals surface area contributed by atoms with Crippen molar-refractivity contribution < 1.29 is 14.9 Å². The molecule has 0 spiro atoms. The van der Waals surface area contributed by atoms with Crippen LogP contribution in [0.4, 0.5) is 11.5 Å². The lowest BCUT2D eigenvalue weighted by molar-refractivity contribution is -0.364. The number of hydrogen-bond donors (Lipinski definition) is 0. The summed E-state index contributed by atoms with van der Waals surface area (Å²) in [7, 11) is 0. The van der Waals surface area contributed by atoms with E-state index in [1.807, 2.05) is 30.5 Å². The van der Waals surface area contributed by atoms with E-state index < -0.39 is 5.97 Å². The summed E-state index contributed by atoms with van der Waals surface area (Å²) in [5.74, 6) is -0.00423. The van der Waals surface area contributed by atoms with Crippen LogP contribution in [0, 0.1) is 0 Å². The van der Waals surface area contributed by atoms with Crippen LogP contribution in [-0.4, -0.2) is 32.1 Å². The molecule has 2 aromatic rings. The van der Waals surface area contributed by atoms with Gasteiger partial charge in [-0.15, -0.1) is 0 Å². The number of aromatic carboxylic acids is 1. The molecule has 5 nitrogen and oxygen atoms in total. The average Bonchev–Trinajstić information content (AvgIpc) is 2.56. The molecule has 1 fully saturated rings. The first-order valence-corrected chi connectivity index (χ1v) is 7.02. The molecule has 0 aliphatic carbocycles. The van der Waals surface area contributed by atoms with Crippen LogP contribution in [0.25, 0.3) is 0 Å². The Balaban J connectivity index is 1.64. The molecule has 108 valence electrons. The number of carbonyl (C=O) groups excluding carboxylic acids is 1. The van der Waals surface area contributed by atoms with Crippen molar-refractivity contribution in [3.8, 4) is 0 Å². The van der Waals surface area contributed by atoms with E-state index in [9.17, 15) is 9.90 Å². The Morgan fingerprint density at radius 2 is 1.62 bits per heavy atom. The fourth-order valence-corrected chi connectivity index (χ4v) is 2.59. The first kappa shape index (κ1) is 13.4. The van der Waals surface area contributed by atoms with Gasteiger partial charge in [0.25, 0.3) is 5.82 Å². The number of rotatable bonds is 3. The van der Waals surface area contributed by atoms with Crippen LogP contribution in [0.5, 0.6) is 0 Å². The summed E-state index contributed by atoms with van der Waals surface area (Å²) in [6.45, 7) is 3.69. The molecular formula is C16H17N3O2. The van der Waals surface area contributed by atoms with Gasteiger partial charge in [0.1, 0.15) is 13.1 Å². The molecule has 0 bridgehead atoms. The maximum absolute atomic E-state index is 10.8. The minimum Gasteiger partial charge on any atom is -0.545 e. The molecule has 1 aliphatic rings. The van der Waals surface area contributed by atoms with Gasteiger partial charge in [-0.25, -0.2) is 4.98 Å². The van der Waals surface area contributed by atoms with Gasteiger partial charge in [-0.2, -0.15) is 0 Å². The smallest absolute Gasteiger partial charge is 0.274 e. The monoisotopic (exact) mass is 283 g/mol. The molecule has 0 unspecified atom stereocenters. The van der Waals surface area contributed by atoms with Gasteiger partial charge in [0, 0.05) is 11.8 Å². The largest absolute Gasteiger partial charge is 0.545 e. The minimum absolute atomic E-state index is 0.219. The molecule has 21 heavy (non-hydrogen) atoms. The summed E-state index contributed by atoms with van der Waals surface area (Å²) >= 11 is 0. The number of nitrogens with one attached hydrogen (secondary N) is 1. The number of pyridine rings is 1. The number of hydrogen-bond acceptors (Lipinski definition) is 4. The fraction of sp³-hybridized carbons (Fsp3) is 0.250. The maximum Gasteiger partial charge on any atom is 0.274 e. The van der Waals surface area contributed by atoms with Gasteiger partial charge in [-0.3, -0.25) is 4.90 Å². The van der Waals surface area contributed by atoms with Crippen LogP contribution in [-0.2, 0) is 0 Å². The lowest BCUT2D eigenvalue weighted by Gasteiger charge is -2.32. The zero-order valence-corrected chi connectivity index (χ0v) is 11.7. The first-order valence-electron chi connectivity index (χ1n) is 7.02. The number of carboxylic acid groups (broad SMARTS) is 1. The summed E-state index contributed by atoms with van der Waals surface area (Å²) in [5.41, 5.74) is 1.27. The normalized spacial score (nSPS) is 15.0. The van der Waals surface area contributed by atoms with E-state index in [1.165, 1.54) is 0 Å².